The second-order valence-electron chi connectivity index (χ2n) is 4.90. The van der Waals surface area contributed by atoms with Crippen molar-refractivity contribution >= 4 is 29.1 Å². The van der Waals surface area contributed by atoms with Crippen molar-refractivity contribution < 1.29 is 14.3 Å². The highest BCUT2D eigenvalue weighted by Gasteiger charge is 2.14. The molecule has 0 radical (unpaired) electrons. The van der Waals surface area contributed by atoms with Gasteiger partial charge in [0.05, 0.1) is 6.10 Å². The molecule has 1 aromatic carbocycles. The van der Waals surface area contributed by atoms with Crippen molar-refractivity contribution in [3.05, 3.63) is 28.8 Å². The van der Waals surface area contributed by atoms with Gasteiger partial charge in [-0.05, 0) is 44.9 Å². The van der Waals surface area contributed by atoms with Crippen LogP contribution in [0.25, 0.3) is 0 Å². The summed E-state index contributed by atoms with van der Waals surface area (Å²) in [5, 5.41) is 5.63. The van der Waals surface area contributed by atoms with Crippen LogP contribution in [0.3, 0.4) is 0 Å². The molecule has 116 valence electrons. The first-order chi connectivity index (χ1) is 9.91. The second kappa shape index (κ2) is 8.64. The van der Waals surface area contributed by atoms with E-state index in [9.17, 15) is 9.59 Å². The van der Waals surface area contributed by atoms with Crippen molar-refractivity contribution in [3.63, 3.8) is 0 Å². The van der Waals surface area contributed by atoms with E-state index in [0.717, 1.165) is 5.56 Å². The van der Waals surface area contributed by atoms with Crippen LogP contribution in [0.5, 0.6) is 0 Å². The fraction of sp³-hybridized carbons (Fsp3) is 0.467. The average molecular weight is 313 g/mol. The lowest BCUT2D eigenvalue weighted by molar-refractivity contribution is -0.136. The average Bonchev–Trinajstić information content (AvgIpc) is 2.42. The van der Waals surface area contributed by atoms with Crippen LogP contribution in [-0.2, 0) is 14.3 Å². The molecule has 21 heavy (non-hydrogen) atoms. The molecule has 5 nitrogen and oxygen atoms in total. The van der Waals surface area contributed by atoms with E-state index in [-0.39, 0.29) is 6.10 Å². The van der Waals surface area contributed by atoms with Crippen molar-refractivity contribution in [2.24, 2.45) is 0 Å². The Morgan fingerprint density at radius 1 is 1.29 bits per heavy atom. The molecule has 0 heterocycles. The van der Waals surface area contributed by atoms with E-state index >= 15 is 0 Å². The number of benzene rings is 1. The number of ether oxygens (including phenoxy) is 1. The van der Waals surface area contributed by atoms with Gasteiger partial charge in [0.1, 0.15) is 0 Å². The molecular formula is C15H21ClN2O3. The van der Waals surface area contributed by atoms with Crippen LogP contribution in [0.15, 0.2) is 18.2 Å². The number of rotatable bonds is 6. The molecule has 1 aromatic rings. The van der Waals surface area contributed by atoms with Crippen LogP contribution in [0.2, 0.25) is 5.02 Å². The van der Waals surface area contributed by atoms with Gasteiger partial charge in [-0.1, -0.05) is 17.7 Å². The molecule has 0 atom stereocenters. The van der Waals surface area contributed by atoms with Gasteiger partial charge in [0.25, 0.3) is 0 Å². The molecule has 0 spiro atoms. The Bertz CT molecular complexity index is 504. The molecule has 0 fully saturated rings. The highest BCUT2D eigenvalue weighted by atomic mass is 35.5. The molecular weight excluding hydrogens is 292 g/mol. The van der Waals surface area contributed by atoms with Gasteiger partial charge in [0.15, 0.2) is 0 Å². The molecule has 2 N–H and O–H groups in total. The molecule has 0 bridgehead atoms. The summed E-state index contributed by atoms with van der Waals surface area (Å²) < 4.78 is 5.34. The van der Waals surface area contributed by atoms with E-state index in [1.54, 1.807) is 25.1 Å². The zero-order valence-corrected chi connectivity index (χ0v) is 13.3. The van der Waals surface area contributed by atoms with E-state index < -0.39 is 11.8 Å². The van der Waals surface area contributed by atoms with Crippen LogP contribution in [0, 0.1) is 6.92 Å². The van der Waals surface area contributed by atoms with Gasteiger partial charge in [-0.3, -0.25) is 9.59 Å². The number of amides is 2. The maximum absolute atomic E-state index is 11.8. The van der Waals surface area contributed by atoms with E-state index in [2.05, 4.69) is 10.6 Å². The van der Waals surface area contributed by atoms with Gasteiger partial charge in [0, 0.05) is 23.9 Å². The predicted molar refractivity (Wildman–Crippen MR) is 83.5 cm³/mol. The number of anilines is 1. The lowest BCUT2D eigenvalue weighted by Gasteiger charge is -2.10. The molecule has 2 amide bonds. The number of hydrogen-bond donors (Lipinski definition) is 2. The first kappa shape index (κ1) is 17.5. The molecule has 6 heteroatoms. The van der Waals surface area contributed by atoms with E-state index in [4.69, 9.17) is 16.3 Å². The molecule has 0 aliphatic heterocycles. The zero-order valence-electron chi connectivity index (χ0n) is 12.5. The smallest absolute Gasteiger partial charge is 0.313 e. The second-order valence-corrected chi connectivity index (χ2v) is 5.30. The zero-order chi connectivity index (χ0) is 15.8. The molecule has 0 aromatic heterocycles. The maximum Gasteiger partial charge on any atom is 0.313 e. The summed E-state index contributed by atoms with van der Waals surface area (Å²) in [7, 11) is 0. The Balaban J connectivity index is 2.38. The van der Waals surface area contributed by atoms with Crippen LogP contribution < -0.4 is 10.6 Å². The van der Waals surface area contributed by atoms with Gasteiger partial charge in [-0.2, -0.15) is 0 Å². The highest BCUT2D eigenvalue weighted by Crippen LogP contribution is 2.22. The Morgan fingerprint density at radius 3 is 2.67 bits per heavy atom. The number of carbonyl (C=O) groups is 2. The minimum atomic E-state index is -0.704. The van der Waals surface area contributed by atoms with Gasteiger partial charge >= 0.3 is 11.8 Å². The highest BCUT2D eigenvalue weighted by molar-refractivity contribution is 6.40. The third-order valence-corrected chi connectivity index (χ3v) is 3.19. The van der Waals surface area contributed by atoms with Crippen LogP contribution in [0.4, 0.5) is 5.69 Å². The summed E-state index contributed by atoms with van der Waals surface area (Å²) in [4.78, 5) is 23.4. The largest absolute Gasteiger partial charge is 0.379 e. The molecule has 0 aliphatic carbocycles. The molecule has 0 aliphatic rings. The molecule has 0 saturated heterocycles. The number of hydrogen-bond acceptors (Lipinski definition) is 3. The first-order valence-electron chi connectivity index (χ1n) is 6.87. The Hall–Kier alpha value is -1.59. The van der Waals surface area contributed by atoms with E-state index in [1.807, 2.05) is 13.8 Å². The fourth-order valence-corrected chi connectivity index (χ4v) is 1.77. The summed E-state index contributed by atoms with van der Waals surface area (Å²) in [6.45, 7) is 6.61. The summed E-state index contributed by atoms with van der Waals surface area (Å²) in [5.74, 6) is -1.37. The fourth-order valence-electron chi connectivity index (χ4n) is 1.60. The molecule has 1 rings (SSSR count). The van der Waals surface area contributed by atoms with Crippen molar-refractivity contribution in [3.8, 4) is 0 Å². The third-order valence-electron chi connectivity index (χ3n) is 2.78. The van der Waals surface area contributed by atoms with Gasteiger partial charge < -0.3 is 15.4 Å². The minimum absolute atomic E-state index is 0.162. The van der Waals surface area contributed by atoms with Crippen LogP contribution >= 0.6 is 11.6 Å². The Kier molecular flexibility index (Phi) is 7.19. The van der Waals surface area contributed by atoms with Crippen LogP contribution in [0.1, 0.15) is 25.8 Å². The van der Waals surface area contributed by atoms with Crippen molar-refractivity contribution in [1.29, 1.82) is 0 Å². The quantitative estimate of drug-likeness (QED) is 0.626. The Labute approximate surface area is 130 Å². The SMILES string of the molecule is Cc1c(Cl)cccc1NC(=O)C(=O)NCCCOC(C)C. The van der Waals surface area contributed by atoms with Gasteiger partial charge in [-0.25, -0.2) is 0 Å². The van der Waals surface area contributed by atoms with E-state index in [1.165, 1.54) is 0 Å². The lowest BCUT2D eigenvalue weighted by atomic mass is 10.2. The van der Waals surface area contributed by atoms with Crippen LogP contribution in [-0.4, -0.2) is 31.1 Å². The first-order valence-corrected chi connectivity index (χ1v) is 7.25. The number of halogens is 1. The predicted octanol–water partition coefficient (Wildman–Crippen LogP) is 2.52. The standard InChI is InChI=1S/C15H21ClN2O3/c1-10(2)21-9-5-8-17-14(19)15(20)18-13-7-4-6-12(16)11(13)3/h4,6-7,10H,5,8-9H2,1-3H3,(H,17,19)(H,18,20). The number of carbonyl (C=O) groups excluding carboxylic acids is 2. The summed E-state index contributed by atoms with van der Waals surface area (Å²) in [6, 6.07) is 5.14. The molecule has 0 unspecified atom stereocenters. The van der Waals surface area contributed by atoms with Gasteiger partial charge in [-0.15, -0.1) is 0 Å². The maximum atomic E-state index is 11.8. The lowest BCUT2D eigenvalue weighted by Crippen LogP contribution is -2.36. The topological polar surface area (TPSA) is 67.4 Å². The van der Waals surface area contributed by atoms with Crippen molar-refractivity contribution in [1.82, 2.24) is 5.32 Å². The van der Waals surface area contributed by atoms with Crippen molar-refractivity contribution in [2.75, 3.05) is 18.5 Å². The van der Waals surface area contributed by atoms with Gasteiger partial charge in [0.2, 0.25) is 0 Å². The summed E-state index contributed by atoms with van der Waals surface area (Å²) in [6.07, 6.45) is 0.822. The van der Waals surface area contributed by atoms with Crippen molar-refractivity contribution in [2.45, 2.75) is 33.3 Å². The third kappa shape index (κ3) is 6.14. The number of nitrogens with one attached hydrogen (secondary N) is 2. The van der Waals surface area contributed by atoms with E-state index in [0.29, 0.717) is 30.3 Å². The minimum Gasteiger partial charge on any atom is -0.379 e. The monoisotopic (exact) mass is 312 g/mol. The summed E-state index contributed by atoms with van der Waals surface area (Å²) in [5.41, 5.74) is 1.26. The molecule has 0 saturated carbocycles. The normalized spacial score (nSPS) is 10.5. The Morgan fingerprint density at radius 2 is 2.00 bits per heavy atom. The summed E-state index contributed by atoms with van der Waals surface area (Å²) >= 11 is 5.95.